The molecule has 0 bridgehead atoms. The van der Waals surface area contributed by atoms with Gasteiger partial charge in [0.05, 0.1) is 25.0 Å². The van der Waals surface area contributed by atoms with Crippen molar-refractivity contribution in [2.24, 2.45) is 0 Å². The second kappa shape index (κ2) is 25.0. The number of hydrogen-bond acceptors (Lipinski definition) is 13. The first-order valence-electron chi connectivity index (χ1n) is 22.4. The highest BCUT2D eigenvalue weighted by atomic mass is 35.5. The summed E-state index contributed by atoms with van der Waals surface area (Å²) in [7, 11) is -7.98. The third-order valence-electron chi connectivity index (χ3n) is 10.5. The van der Waals surface area contributed by atoms with Gasteiger partial charge in [0.15, 0.2) is 0 Å². The summed E-state index contributed by atoms with van der Waals surface area (Å²) in [5.41, 5.74) is 3.56. The van der Waals surface area contributed by atoms with Crippen LogP contribution in [-0.4, -0.2) is 119 Å². The van der Waals surface area contributed by atoms with E-state index in [2.05, 4.69) is 16.0 Å². The molecule has 4 aromatic carbocycles. The molecule has 2 aliphatic heterocycles. The Morgan fingerprint density at radius 1 is 0.614 bits per heavy atom. The van der Waals surface area contributed by atoms with E-state index in [0.29, 0.717) is 37.7 Å². The van der Waals surface area contributed by atoms with Crippen molar-refractivity contribution in [1.29, 1.82) is 10.5 Å². The lowest BCUT2D eigenvalue weighted by atomic mass is 10.1. The van der Waals surface area contributed by atoms with Crippen LogP contribution in [0.4, 0.5) is 4.79 Å². The third-order valence-corrected chi connectivity index (χ3v) is 14.3. The average Bonchev–Trinajstić information content (AvgIpc) is 3.28. The molecule has 3 N–H and O–H groups in total. The Morgan fingerprint density at radius 3 is 1.37 bits per heavy atom. The van der Waals surface area contributed by atoms with E-state index in [1.807, 2.05) is 64.1 Å². The van der Waals surface area contributed by atoms with Crippen molar-refractivity contribution in [2.45, 2.75) is 76.7 Å². The van der Waals surface area contributed by atoms with Crippen LogP contribution in [0.25, 0.3) is 0 Å². The minimum atomic E-state index is -4.10. The Kier molecular flexibility index (Phi) is 20.1. The second-order valence-corrected chi connectivity index (χ2v) is 21.3. The molecule has 70 heavy (non-hydrogen) atoms. The summed E-state index contributed by atoms with van der Waals surface area (Å²) in [6.45, 7) is 15.6. The van der Waals surface area contributed by atoms with Gasteiger partial charge in [0, 0.05) is 76.6 Å². The highest BCUT2D eigenvalue weighted by Crippen LogP contribution is 2.35. The maximum absolute atomic E-state index is 13.8. The van der Waals surface area contributed by atoms with Gasteiger partial charge in [-0.1, -0.05) is 12.1 Å². The summed E-state index contributed by atoms with van der Waals surface area (Å²) in [4.78, 5) is 38.8. The molecule has 0 spiro atoms. The number of ether oxygens (including phenoxy) is 3. The van der Waals surface area contributed by atoms with Gasteiger partial charge in [-0.2, -0.15) is 19.1 Å². The molecule has 4 aromatic rings. The number of halogens is 1. The number of piperazine rings is 2. The monoisotopic (exact) mass is 1020 g/mol. The number of aryl methyl sites for hydroxylation is 4. The SMILES string of the molecule is Cc1cc(C)cc(Oc2ccc(C(=O)NCCC#N)cc2S(=O)(=O)N2CCN(C(=O)OC(C)(C)C)CC2)c1.Cc1cc(C)cc(Oc2ccc(C(=O)NCCC#N)cc2S(=O)(=O)N2CCNCC2)c1.Cl. The van der Waals surface area contributed by atoms with E-state index >= 15 is 0 Å². The van der Waals surface area contributed by atoms with Crippen LogP contribution in [0.1, 0.15) is 76.6 Å². The summed E-state index contributed by atoms with van der Waals surface area (Å²) < 4.78 is 74.5. The average molecular weight is 1020 g/mol. The summed E-state index contributed by atoms with van der Waals surface area (Å²) in [6.07, 6.45) is -0.192. The number of nitrogens with zero attached hydrogens (tertiary/aromatic N) is 5. The summed E-state index contributed by atoms with van der Waals surface area (Å²) >= 11 is 0. The number of hydrogen-bond donors (Lipinski definition) is 3. The van der Waals surface area contributed by atoms with Crippen LogP contribution in [-0.2, 0) is 24.8 Å². The lowest BCUT2D eigenvalue weighted by molar-refractivity contribution is 0.0192. The van der Waals surface area contributed by atoms with Crippen LogP contribution < -0.4 is 25.4 Å². The molecule has 6 rings (SSSR count). The highest BCUT2D eigenvalue weighted by Gasteiger charge is 2.35. The lowest BCUT2D eigenvalue weighted by Crippen LogP contribution is -2.51. The smallest absolute Gasteiger partial charge is 0.410 e. The third kappa shape index (κ3) is 15.6. The van der Waals surface area contributed by atoms with Crippen LogP contribution >= 0.6 is 12.4 Å². The summed E-state index contributed by atoms with van der Waals surface area (Å²) in [6, 6.07) is 23.7. The van der Waals surface area contributed by atoms with Crippen LogP contribution in [0.5, 0.6) is 23.0 Å². The number of amides is 3. The van der Waals surface area contributed by atoms with Crippen molar-refractivity contribution in [2.75, 3.05) is 65.4 Å². The maximum atomic E-state index is 13.8. The van der Waals surface area contributed by atoms with Crippen molar-refractivity contribution in [3.63, 3.8) is 0 Å². The van der Waals surface area contributed by atoms with E-state index in [4.69, 9.17) is 24.7 Å². The van der Waals surface area contributed by atoms with Gasteiger partial charge in [0.25, 0.3) is 11.8 Å². The zero-order valence-electron chi connectivity index (χ0n) is 40.5. The minimum Gasteiger partial charge on any atom is -0.456 e. The molecule has 0 unspecified atom stereocenters. The molecule has 21 heteroatoms. The highest BCUT2D eigenvalue weighted by molar-refractivity contribution is 7.89. The van der Waals surface area contributed by atoms with Gasteiger partial charge in [-0.3, -0.25) is 9.59 Å². The number of rotatable bonds is 14. The van der Waals surface area contributed by atoms with E-state index in [9.17, 15) is 31.2 Å². The normalized spacial score (nSPS) is 14.3. The number of carbonyl (C=O) groups is 3. The second-order valence-electron chi connectivity index (χ2n) is 17.5. The number of carbonyl (C=O) groups excluding carboxylic acids is 3. The lowest BCUT2D eigenvalue weighted by Gasteiger charge is -2.35. The first kappa shape index (κ1) is 56.3. The topological polar surface area (TPSA) is 241 Å². The molecule has 0 radical (unpaired) electrons. The van der Waals surface area contributed by atoms with Crippen molar-refractivity contribution in [3.8, 4) is 35.1 Å². The Labute approximate surface area is 417 Å². The van der Waals surface area contributed by atoms with Gasteiger partial charge >= 0.3 is 6.09 Å². The number of benzene rings is 4. The number of sulfonamides is 2. The molecule has 2 saturated heterocycles. The predicted molar refractivity (Wildman–Crippen MR) is 265 cm³/mol. The van der Waals surface area contributed by atoms with E-state index in [0.717, 1.165) is 22.3 Å². The molecule has 3 amide bonds. The van der Waals surface area contributed by atoms with E-state index in [1.165, 1.54) is 49.9 Å². The molecule has 18 nitrogen and oxygen atoms in total. The quantitative estimate of drug-likeness (QED) is 0.111. The zero-order valence-corrected chi connectivity index (χ0v) is 42.9. The van der Waals surface area contributed by atoms with Gasteiger partial charge < -0.3 is 35.1 Å². The number of nitrogens with one attached hydrogen (secondary N) is 3. The molecular weight excluding hydrogens is 960 g/mol. The van der Waals surface area contributed by atoms with Crippen molar-refractivity contribution >= 4 is 50.4 Å². The van der Waals surface area contributed by atoms with E-state index < -0.39 is 43.6 Å². The standard InChI is InChI=1S/C27H34N4O6S.C22H26N4O4S.ClH/c1-19-15-20(2)17-22(16-19)36-23-8-7-21(25(32)29-10-6-9-28)18-24(23)38(34,35)31-13-11-30(12-14-31)26(33)37-27(3,4)5;1-16-12-17(2)14-19(13-16)30-20-5-4-18(22(27)25-7-3-6-23)15-21(20)31(28,29)26-10-8-24-9-11-26;/h7-8,15-18H,6,10-14H2,1-5H3,(H,29,32);4-5,12-15,24H,3,7-11H2,1-2H3,(H,25,27);1H. The maximum Gasteiger partial charge on any atom is 0.410 e. The van der Waals surface area contributed by atoms with Gasteiger partial charge in [0.1, 0.15) is 38.4 Å². The van der Waals surface area contributed by atoms with Crippen molar-refractivity contribution in [3.05, 3.63) is 106 Å². The summed E-state index contributed by atoms with van der Waals surface area (Å²) in [5.74, 6) is 0.310. The fraction of sp³-hybridized carbons (Fsp3) is 0.408. The van der Waals surface area contributed by atoms with Gasteiger partial charge in [-0.05, 0) is 131 Å². The molecule has 0 aliphatic carbocycles. The predicted octanol–water partition coefficient (Wildman–Crippen LogP) is 6.74. The van der Waals surface area contributed by atoms with E-state index in [1.54, 1.807) is 32.9 Å². The first-order valence-corrected chi connectivity index (χ1v) is 25.3. The van der Waals surface area contributed by atoms with Gasteiger partial charge in [0.2, 0.25) is 20.0 Å². The first-order chi connectivity index (χ1) is 32.6. The Morgan fingerprint density at radius 2 is 1.00 bits per heavy atom. The zero-order chi connectivity index (χ0) is 50.5. The molecule has 0 aromatic heterocycles. The molecule has 376 valence electrons. The van der Waals surface area contributed by atoms with Crippen LogP contribution in [0.3, 0.4) is 0 Å². The van der Waals surface area contributed by atoms with Crippen molar-refractivity contribution in [1.82, 2.24) is 29.5 Å². The molecule has 0 atom stereocenters. The van der Waals surface area contributed by atoms with E-state index in [-0.39, 0.29) is 96.9 Å². The Hall–Kier alpha value is -6.26. The van der Waals surface area contributed by atoms with Crippen molar-refractivity contribution < 1.29 is 45.4 Å². The Balaban J connectivity index is 0.000000306. The fourth-order valence-corrected chi connectivity index (χ4v) is 10.5. The van der Waals surface area contributed by atoms with Crippen LogP contribution in [0, 0.1) is 50.4 Å². The number of nitriles is 2. The van der Waals surface area contributed by atoms with Crippen LogP contribution in [0.15, 0.2) is 82.6 Å². The fourth-order valence-electron chi connectivity index (χ4n) is 7.38. The molecule has 2 heterocycles. The molecule has 2 fully saturated rings. The largest absolute Gasteiger partial charge is 0.456 e. The minimum absolute atomic E-state index is 0. The molecular formula is C49H61ClN8O10S2. The Bertz CT molecular complexity index is 2790. The van der Waals surface area contributed by atoms with Gasteiger partial charge in [-0.25, -0.2) is 21.6 Å². The molecule has 2 aliphatic rings. The van der Waals surface area contributed by atoms with Crippen LogP contribution in [0.2, 0.25) is 0 Å². The molecule has 0 saturated carbocycles. The summed E-state index contributed by atoms with van der Waals surface area (Å²) in [5, 5.41) is 25.8. The van der Waals surface area contributed by atoms with Gasteiger partial charge in [-0.15, -0.1) is 12.4 Å².